The molecule has 0 fully saturated rings. The van der Waals surface area contributed by atoms with E-state index in [0.29, 0.717) is 5.92 Å². The van der Waals surface area contributed by atoms with Crippen LogP contribution >= 0.6 is 0 Å². The van der Waals surface area contributed by atoms with Crippen LogP contribution in [-0.2, 0) is 5.41 Å². The molecule has 2 aromatic carbocycles. The molecule has 0 heteroatoms. The Kier molecular flexibility index (Phi) is 5.35. The summed E-state index contributed by atoms with van der Waals surface area (Å²) in [7, 11) is 0. The minimum atomic E-state index is 0.0337. The molecule has 1 aliphatic carbocycles. The molecular formula is C24H28. The van der Waals surface area contributed by atoms with Gasteiger partial charge in [0.25, 0.3) is 0 Å². The lowest BCUT2D eigenvalue weighted by atomic mass is 9.63. The largest absolute Gasteiger partial charge is 0.0761 e. The number of rotatable bonds is 7. The van der Waals surface area contributed by atoms with Crippen LogP contribution in [0.3, 0.4) is 0 Å². The maximum atomic E-state index is 2.50. The van der Waals surface area contributed by atoms with E-state index in [4.69, 9.17) is 0 Å². The summed E-state index contributed by atoms with van der Waals surface area (Å²) in [6.45, 7) is 4.54. The molecule has 0 aromatic heterocycles. The van der Waals surface area contributed by atoms with Gasteiger partial charge in [0, 0.05) is 11.3 Å². The van der Waals surface area contributed by atoms with Crippen molar-refractivity contribution in [2.75, 3.05) is 0 Å². The highest BCUT2D eigenvalue weighted by Gasteiger charge is 2.40. The normalized spacial score (nSPS) is 17.1. The lowest BCUT2D eigenvalue weighted by Gasteiger charge is -2.39. The standard InChI is InChI=1S/C24H28/c1-3-5-18-24(21-12-8-6-9-13-21,22-14-10-7-11-15-22)23-17-16-20(4-2)19-23/h6-17,19,23H,3-5,18H2,1-2H3. The highest BCUT2D eigenvalue weighted by atomic mass is 14.4. The Bertz CT molecular complexity index is 652. The molecule has 1 aliphatic rings. The first-order valence-electron chi connectivity index (χ1n) is 9.31. The van der Waals surface area contributed by atoms with Gasteiger partial charge in [0.1, 0.15) is 0 Å². The van der Waals surface area contributed by atoms with Crippen LogP contribution in [0.4, 0.5) is 0 Å². The van der Waals surface area contributed by atoms with Gasteiger partial charge in [-0.25, -0.2) is 0 Å². The zero-order chi connectivity index (χ0) is 16.8. The molecule has 1 unspecified atom stereocenters. The zero-order valence-electron chi connectivity index (χ0n) is 14.9. The van der Waals surface area contributed by atoms with Crippen molar-refractivity contribution in [2.24, 2.45) is 5.92 Å². The van der Waals surface area contributed by atoms with E-state index in [2.05, 4.69) is 92.7 Å². The predicted molar refractivity (Wildman–Crippen MR) is 104 cm³/mol. The summed E-state index contributed by atoms with van der Waals surface area (Å²) in [5, 5.41) is 0. The Morgan fingerprint density at radius 1 is 0.833 bits per heavy atom. The third kappa shape index (κ3) is 3.11. The van der Waals surface area contributed by atoms with Gasteiger partial charge in [0.05, 0.1) is 0 Å². The summed E-state index contributed by atoms with van der Waals surface area (Å²) in [6, 6.07) is 22.2. The summed E-state index contributed by atoms with van der Waals surface area (Å²) in [6.07, 6.45) is 12.0. The molecule has 0 heterocycles. The molecule has 1 atom stereocenters. The Morgan fingerprint density at radius 2 is 1.42 bits per heavy atom. The van der Waals surface area contributed by atoms with E-state index >= 15 is 0 Å². The summed E-state index contributed by atoms with van der Waals surface area (Å²) in [5.74, 6) is 0.434. The zero-order valence-corrected chi connectivity index (χ0v) is 14.9. The van der Waals surface area contributed by atoms with Crippen molar-refractivity contribution in [1.82, 2.24) is 0 Å². The maximum Gasteiger partial charge on any atom is 0.0300 e. The van der Waals surface area contributed by atoms with Gasteiger partial charge in [-0.3, -0.25) is 0 Å². The molecule has 0 aliphatic heterocycles. The predicted octanol–water partition coefficient (Wildman–Crippen LogP) is 6.69. The first-order valence-corrected chi connectivity index (χ1v) is 9.31. The number of unbranched alkanes of at least 4 members (excludes halogenated alkanes) is 1. The Hall–Kier alpha value is -2.08. The van der Waals surface area contributed by atoms with E-state index in [-0.39, 0.29) is 5.41 Å². The van der Waals surface area contributed by atoms with E-state index in [1.54, 1.807) is 0 Å². The second kappa shape index (κ2) is 7.66. The second-order valence-electron chi connectivity index (χ2n) is 6.79. The maximum absolute atomic E-state index is 2.50. The molecule has 0 N–H and O–H groups in total. The van der Waals surface area contributed by atoms with Gasteiger partial charge >= 0.3 is 0 Å². The van der Waals surface area contributed by atoms with Gasteiger partial charge in [-0.2, -0.15) is 0 Å². The van der Waals surface area contributed by atoms with Crippen molar-refractivity contribution in [3.63, 3.8) is 0 Å². The van der Waals surface area contributed by atoms with Crippen molar-refractivity contribution in [3.8, 4) is 0 Å². The molecule has 3 rings (SSSR count). The Labute approximate surface area is 146 Å². The molecule has 0 spiro atoms. The minimum Gasteiger partial charge on any atom is -0.0761 e. The second-order valence-corrected chi connectivity index (χ2v) is 6.79. The molecule has 0 amide bonds. The van der Waals surface area contributed by atoms with Crippen molar-refractivity contribution < 1.29 is 0 Å². The lowest BCUT2D eigenvalue weighted by Crippen LogP contribution is -2.34. The van der Waals surface area contributed by atoms with Crippen LogP contribution in [0.2, 0.25) is 0 Å². The smallest absolute Gasteiger partial charge is 0.0300 e. The van der Waals surface area contributed by atoms with Gasteiger partial charge in [-0.15, -0.1) is 0 Å². The van der Waals surface area contributed by atoms with Crippen LogP contribution in [0.25, 0.3) is 0 Å². The summed E-state index contributed by atoms with van der Waals surface area (Å²) in [5.41, 5.74) is 4.37. The van der Waals surface area contributed by atoms with Gasteiger partial charge in [-0.05, 0) is 24.0 Å². The van der Waals surface area contributed by atoms with E-state index < -0.39 is 0 Å². The SMILES string of the molecule is CCCCC(c1ccccc1)(c1ccccc1)C1C=CC(CC)=C1. The first kappa shape index (κ1) is 16.8. The van der Waals surface area contributed by atoms with Crippen molar-refractivity contribution in [2.45, 2.75) is 44.9 Å². The van der Waals surface area contributed by atoms with Crippen molar-refractivity contribution >= 4 is 0 Å². The monoisotopic (exact) mass is 316 g/mol. The average Bonchev–Trinajstić information content (AvgIpc) is 3.14. The van der Waals surface area contributed by atoms with Gasteiger partial charge in [0.2, 0.25) is 0 Å². The van der Waals surface area contributed by atoms with Crippen LogP contribution in [0.1, 0.15) is 50.7 Å². The fourth-order valence-electron chi connectivity index (χ4n) is 4.04. The Balaban J connectivity index is 2.18. The third-order valence-electron chi connectivity index (χ3n) is 5.39. The molecule has 0 nitrogen and oxygen atoms in total. The van der Waals surface area contributed by atoms with Crippen molar-refractivity contribution in [3.05, 3.63) is 95.6 Å². The lowest BCUT2D eigenvalue weighted by molar-refractivity contribution is 0.393. The number of allylic oxidation sites excluding steroid dienone is 4. The van der Waals surface area contributed by atoms with Crippen LogP contribution in [0.15, 0.2) is 84.5 Å². The van der Waals surface area contributed by atoms with Gasteiger partial charge < -0.3 is 0 Å². The molecule has 124 valence electrons. The van der Waals surface area contributed by atoms with Crippen LogP contribution in [0.5, 0.6) is 0 Å². The van der Waals surface area contributed by atoms with E-state index in [1.807, 2.05) is 0 Å². The fourth-order valence-corrected chi connectivity index (χ4v) is 4.04. The van der Waals surface area contributed by atoms with Crippen LogP contribution in [-0.4, -0.2) is 0 Å². The number of benzene rings is 2. The van der Waals surface area contributed by atoms with Crippen molar-refractivity contribution in [1.29, 1.82) is 0 Å². The molecule has 2 aromatic rings. The summed E-state index contributed by atoms with van der Waals surface area (Å²) in [4.78, 5) is 0. The average molecular weight is 316 g/mol. The van der Waals surface area contributed by atoms with E-state index in [9.17, 15) is 0 Å². The Morgan fingerprint density at radius 3 is 1.88 bits per heavy atom. The molecule has 0 saturated carbocycles. The highest BCUT2D eigenvalue weighted by molar-refractivity contribution is 5.46. The first-order chi connectivity index (χ1) is 11.8. The number of hydrogen-bond acceptors (Lipinski definition) is 0. The molecule has 0 bridgehead atoms. The summed E-state index contributed by atoms with van der Waals surface area (Å²) >= 11 is 0. The highest BCUT2D eigenvalue weighted by Crippen LogP contribution is 2.47. The fraction of sp³-hybridized carbons (Fsp3) is 0.333. The molecule has 0 saturated heterocycles. The molecule has 24 heavy (non-hydrogen) atoms. The topological polar surface area (TPSA) is 0 Å². The van der Waals surface area contributed by atoms with E-state index in [1.165, 1.54) is 36.0 Å². The summed E-state index contributed by atoms with van der Waals surface area (Å²) < 4.78 is 0. The van der Waals surface area contributed by atoms with E-state index in [0.717, 1.165) is 6.42 Å². The minimum absolute atomic E-state index is 0.0337. The third-order valence-corrected chi connectivity index (χ3v) is 5.39. The quantitative estimate of drug-likeness (QED) is 0.534. The molecular weight excluding hydrogens is 288 g/mol. The van der Waals surface area contributed by atoms with Gasteiger partial charge in [0.15, 0.2) is 0 Å². The van der Waals surface area contributed by atoms with Gasteiger partial charge in [-0.1, -0.05) is 111 Å². The number of hydrogen-bond donors (Lipinski definition) is 0. The molecule has 0 radical (unpaired) electrons. The van der Waals surface area contributed by atoms with Crippen LogP contribution < -0.4 is 0 Å². The van der Waals surface area contributed by atoms with Crippen LogP contribution in [0, 0.1) is 5.92 Å².